The van der Waals surface area contributed by atoms with E-state index in [9.17, 15) is 4.79 Å². The van der Waals surface area contributed by atoms with Crippen molar-refractivity contribution in [2.75, 3.05) is 5.32 Å². The molecule has 0 unspecified atom stereocenters. The number of hydrogen-bond donors (Lipinski definition) is 2. The zero-order chi connectivity index (χ0) is 19.4. The van der Waals surface area contributed by atoms with Gasteiger partial charge in [-0.05, 0) is 85.1 Å². The monoisotopic (exact) mass is 386 g/mol. The van der Waals surface area contributed by atoms with Crippen LogP contribution in [0.3, 0.4) is 0 Å². The van der Waals surface area contributed by atoms with Gasteiger partial charge in [0.2, 0.25) is 0 Å². The van der Waals surface area contributed by atoms with Gasteiger partial charge in [0.1, 0.15) is 0 Å². The standard InChI is InChI=1S/C26H30N2O/c29-26(27-20-8-4-5-9-20)19-12-13-22-21(15-19)23-17-10-11-18(14-17)24(23)25(28-22)16-6-2-1-3-7-16/h1-3,6-7,12-13,15,17-18,20,23-25,28H,4-5,8-11,14H2,(H,27,29)/t17-,18+,23+,24-,25-/m0/s1. The second-order valence-electron chi connectivity index (χ2n) is 9.73. The van der Waals surface area contributed by atoms with Crippen LogP contribution in [0.5, 0.6) is 0 Å². The van der Waals surface area contributed by atoms with Crippen LogP contribution in [0, 0.1) is 17.8 Å². The molecule has 0 radical (unpaired) electrons. The fraction of sp³-hybridized carbons (Fsp3) is 0.500. The van der Waals surface area contributed by atoms with Crippen LogP contribution in [0.15, 0.2) is 48.5 Å². The molecule has 2 N–H and O–H groups in total. The summed E-state index contributed by atoms with van der Waals surface area (Å²) in [5.74, 6) is 2.95. The van der Waals surface area contributed by atoms with E-state index in [-0.39, 0.29) is 5.91 Å². The van der Waals surface area contributed by atoms with E-state index in [1.165, 1.54) is 48.9 Å². The fourth-order valence-electron chi connectivity index (χ4n) is 6.96. The summed E-state index contributed by atoms with van der Waals surface area (Å²) in [5.41, 5.74) is 4.89. The number of carbonyl (C=O) groups is 1. The molecular formula is C26H30N2O. The smallest absolute Gasteiger partial charge is 0.251 e. The first-order chi connectivity index (χ1) is 14.3. The molecule has 3 fully saturated rings. The Kier molecular flexibility index (Phi) is 4.18. The van der Waals surface area contributed by atoms with E-state index in [4.69, 9.17) is 0 Å². The summed E-state index contributed by atoms with van der Waals surface area (Å²) < 4.78 is 0. The fourth-order valence-corrected chi connectivity index (χ4v) is 6.96. The number of nitrogens with one attached hydrogen (secondary N) is 2. The third kappa shape index (κ3) is 2.89. The van der Waals surface area contributed by atoms with Crippen LogP contribution in [0.4, 0.5) is 5.69 Å². The van der Waals surface area contributed by atoms with Crippen molar-refractivity contribution in [3.8, 4) is 0 Å². The summed E-state index contributed by atoms with van der Waals surface area (Å²) in [6.45, 7) is 0. The SMILES string of the molecule is O=C(NC1CCCC1)c1ccc2c(c1)[C@H]1[C@H]3CC[C@H](C3)[C@@H]1[C@H](c1ccccc1)N2. The van der Waals surface area contributed by atoms with Crippen molar-refractivity contribution in [3.63, 3.8) is 0 Å². The number of rotatable bonds is 3. The van der Waals surface area contributed by atoms with Crippen LogP contribution >= 0.6 is 0 Å². The van der Waals surface area contributed by atoms with Crippen LogP contribution in [0.1, 0.15) is 78.4 Å². The number of carbonyl (C=O) groups excluding carboxylic acids is 1. The molecule has 3 aliphatic carbocycles. The summed E-state index contributed by atoms with van der Waals surface area (Å²) in [6, 6.07) is 18.1. The number of anilines is 1. The van der Waals surface area contributed by atoms with Gasteiger partial charge in [0.05, 0.1) is 6.04 Å². The lowest BCUT2D eigenvalue weighted by molar-refractivity contribution is 0.0937. The Hall–Kier alpha value is -2.29. The molecule has 3 saturated carbocycles. The molecule has 6 rings (SSSR count). The first-order valence-corrected chi connectivity index (χ1v) is 11.5. The van der Waals surface area contributed by atoms with E-state index in [2.05, 4.69) is 53.1 Å². The number of benzene rings is 2. The molecule has 2 aromatic rings. The molecule has 4 aliphatic rings. The average molecular weight is 387 g/mol. The zero-order valence-corrected chi connectivity index (χ0v) is 16.9. The van der Waals surface area contributed by atoms with Gasteiger partial charge in [-0.2, -0.15) is 0 Å². The molecule has 0 saturated heterocycles. The minimum Gasteiger partial charge on any atom is -0.378 e. The van der Waals surface area contributed by atoms with Gasteiger partial charge in [-0.15, -0.1) is 0 Å². The number of fused-ring (bicyclic) bond motifs is 7. The first kappa shape index (κ1) is 17.6. The van der Waals surface area contributed by atoms with Crippen molar-refractivity contribution in [3.05, 3.63) is 65.2 Å². The molecule has 29 heavy (non-hydrogen) atoms. The molecule has 3 heteroatoms. The molecule has 2 bridgehead atoms. The molecule has 2 aromatic carbocycles. The summed E-state index contributed by atoms with van der Waals surface area (Å²) in [7, 11) is 0. The molecule has 1 aliphatic heterocycles. The lowest BCUT2D eigenvalue weighted by Gasteiger charge is -2.43. The molecule has 0 spiro atoms. The predicted molar refractivity (Wildman–Crippen MR) is 116 cm³/mol. The topological polar surface area (TPSA) is 41.1 Å². The van der Waals surface area contributed by atoms with E-state index < -0.39 is 0 Å². The van der Waals surface area contributed by atoms with Gasteiger partial charge in [-0.1, -0.05) is 43.2 Å². The van der Waals surface area contributed by atoms with Gasteiger partial charge in [0.15, 0.2) is 0 Å². The van der Waals surface area contributed by atoms with E-state index in [0.29, 0.717) is 23.9 Å². The predicted octanol–water partition coefficient (Wildman–Crippen LogP) is 5.66. The lowest BCUT2D eigenvalue weighted by atomic mass is 9.68. The number of hydrogen-bond acceptors (Lipinski definition) is 2. The van der Waals surface area contributed by atoms with E-state index >= 15 is 0 Å². The van der Waals surface area contributed by atoms with Gasteiger partial charge in [-0.3, -0.25) is 4.79 Å². The lowest BCUT2D eigenvalue weighted by Crippen LogP contribution is -2.36. The van der Waals surface area contributed by atoms with Crippen LogP contribution < -0.4 is 10.6 Å². The van der Waals surface area contributed by atoms with Gasteiger partial charge in [0, 0.05) is 17.3 Å². The summed E-state index contributed by atoms with van der Waals surface area (Å²) in [5, 5.41) is 7.15. The summed E-state index contributed by atoms with van der Waals surface area (Å²) in [4.78, 5) is 12.9. The molecule has 5 atom stereocenters. The minimum absolute atomic E-state index is 0.115. The Morgan fingerprint density at radius 1 is 0.931 bits per heavy atom. The Balaban J connectivity index is 1.35. The maximum atomic E-state index is 12.9. The summed E-state index contributed by atoms with van der Waals surface area (Å²) in [6.07, 6.45) is 8.83. The zero-order valence-electron chi connectivity index (χ0n) is 16.9. The number of amides is 1. The minimum atomic E-state index is 0.115. The molecular weight excluding hydrogens is 356 g/mol. The maximum absolute atomic E-state index is 12.9. The highest BCUT2D eigenvalue weighted by molar-refractivity contribution is 5.95. The Labute approximate surface area is 173 Å². The Morgan fingerprint density at radius 2 is 1.72 bits per heavy atom. The highest BCUT2D eigenvalue weighted by Gasteiger charge is 2.53. The highest BCUT2D eigenvalue weighted by Crippen LogP contribution is 2.63. The van der Waals surface area contributed by atoms with E-state index in [1.54, 1.807) is 0 Å². The first-order valence-electron chi connectivity index (χ1n) is 11.5. The molecule has 150 valence electrons. The van der Waals surface area contributed by atoms with Crippen molar-refractivity contribution in [2.45, 2.75) is 62.9 Å². The highest BCUT2D eigenvalue weighted by atomic mass is 16.1. The Morgan fingerprint density at radius 3 is 2.55 bits per heavy atom. The van der Waals surface area contributed by atoms with Crippen LogP contribution in [-0.4, -0.2) is 11.9 Å². The molecule has 1 heterocycles. The van der Waals surface area contributed by atoms with Crippen LogP contribution in [0.2, 0.25) is 0 Å². The maximum Gasteiger partial charge on any atom is 0.251 e. The van der Waals surface area contributed by atoms with Crippen LogP contribution in [0.25, 0.3) is 0 Å². The van der Waals surface area contributed by atoms with Gasteiger partial charge in [-0.25, -0.2) is 0 Å². The third-order valence-corrected chi connectivity index (χ3v) is 8.20. The summed E-state index contributed by atoms with van der Waals surface area (Å²) >= 11 is 0. The largest absolute Gasteiger partial charge is 0.378 e. The van der Waals surface area contributed by atoms with Crippen molar-refractivity contribution in [1.29, 1.82) is 0 Å². The van der Waals surface area contributed by atoms with Crippen molar-refractivity contribution >= 4 is 11.6 Å². The normalized spacial score (nSPS) is 32.5. The Bertz CT molecular complexity index is 918. The molecule has 1 amide bonds. The molecule has 3 nitrogen and oxygen atoms in total. The second kappa shape index (κ2) is 6.90. The van der Waals surface area contributed by atoms with Crippen molar-refractivity contribution in [2.24, 2.45) is 17.8 Å². The quantitative estimate of drug-likeness (QED) is 0.715. The van der Waals surface area contributed by atoms with E-state index in [0.717, 1.165) is 30.2 Å². The van der Waals surface area contributed by atoms with Gasteiger partial charge in [0.25, 0.3) is 5.91 Å². The third-order valence-electron chi connectivity index (χ3n) is 8.20. The van der Waals surface area contributed by atoms with Crippen molar-refractivity contribution in [1.82, 2.24) is 5.32 Å². The van der Waals surface area contributed by atoms with Gasteiger partial charge >= 0.3 is 0 Å². The van der Waals surface area contributed by atoms with E-state index in [1.807, 2.05) is 6.07 Å². The second-order valence-corrected chi connectivity index (χ2v) is 9.73. The van der Waals surface area contributed by atoms with Crippen LogP contribution in [-0.2, 0) is 0 Å². The molecule has 0 aromatic heterocycles. The van der Waals surface area contributed by atoms with Gasteiger partial charge < -0.3 is 10.6 Å². The average Bonchev–Trinajstić information content (AvgIpc) is 3.51. The van der Waals surface area contributed by atoms with Crippen molar-refractivity contribution < 1.29 is 4.79 Å².